The summed E-state index contributed by atoms with van der Waals surface area (Å²) in [6, 6.07) is 9.03. The first-order valence-electron chi connectivity index (χ1n) is 7.83. The molecule has 1 aliphatic heterocycles. The molecule has 112 valence electrons. The van der Waals surface area contributed by atoms with Gasteiger partial charge in [-0.2, -0.15) is 0 Å². The lowest BCUT2D eigenvalue weighted by Gasteiger charge is -2.28. The van der Waals surface area contributed by atoms with Crippen molar-refractivity contribution in [2.75, 3.05) is 38.3 Å². The number of hydrogen-bond acceptors (Lipinski definition) is 3. The monoisotopic (exact) mass is 276 g/mol. The van der Waals surface area contributed by atoms with Gasteiger partial charge in [0.1, 0.15) is 0 Å². The van der Waals surface area contributed by atoms with Crippen molar-refractivity contribution in [2.24, 2.45) is 5.92 Å². The highest BCUT2D eigenvalue weighted by molar-refractivity contribution is 5.47. The molecule has 0 saturated carbocycles. The summed E-state index contributed by atoms with van der Waals surface area (Å²) >= 11 is 0. The van der Waals surface area contributed by atoms with Crippen molar-refractivity contribution in [3.05, 3.63) is 29.8 Å². The van der Waals surface area contributed by atoms with E-state index in [2.05, 4.69) is 41.4 Å². The van der Waals surface area contributed by atoms with E-state index in [1.165, 1.54) is 43.6 Å². The summed E-state index contributed by atoms with van der Waals surface area (Å²) in [5, 5.41) is 3.49. The number of rotatable bonds is 7. The first kappa shape index (κ1) is 15.3. The molecule has 0 bridgehead atoms. The molecule has 0 amide bonds. The molecule has 1 heterocycles. The molecule has 1 fully saturated rings. The molecule has 0 aromatic heterocycles. The van der Waals surface area contributed by atoms with Crippen molar-refractivity contribution in [1.82, 2.24) is 5.32 Å². The smallest absolute Gasteiger partial charge is 0.0499 e. The SMILES string of the molecule is COCC(C)CNCc1ccc(N2CCCCC2)cc1. The topological polar surface area (TPSA) is 24.5 Å². The van der Waals surface area contributed by atoms with E-state index in [1.807, 2.05) is 0 Å². The van der Waals surface area contributed by atoms with Crippen LogP contribution in [-0.2, 0) is 11.3 Å². The Kier molecular flexibility index (Phi) is 6.34. The lowest BCUT2D eigenvalue weighted by atomic mass is 10.1. The van der Waals surface area contributed by atoms with Crippen LogP contribution in [0.5, 0.6) is 0 Å². The molecule has 1 aromatic rings. The predicted molar refractivity (Wildman–Crippen MR) is 85.3 cm³/mol. The van der Waals surface area contributed by atoms with Crippen molar-refractivity contribution in [3.63, 3.8) is 0 Å². The van der Waals surface area contributed by atoms with E-state index in [-0.39, 0.29) is 0 Å². The van der Waals surface area contributed by atoms with Gasteiger partial charge in [-0.15, -0.1) is 0 Å². The van der Waals surface area contributed by atoms with Gasteiger partial charge in [0.2, 0.25) is 0 Å². The third-order valence-corrected chi connectivity index (χ3v) is 3.93. The molecule has 0 aliphatic carbocycles. The summed E-state index contributed by atoms with van der Waals surface area (Å²) in [5.74, 6) is 0.563. The predicted octanol–water partition coefficient (Wildman–Crippen LogP) is 3.05. The van der Waals surface area contributed by atoms with Crippen LogP contribution in [-0.4, -0.2) is 33.4 Å². The molecule has 0 spiro atoms. The number of nitrogens with zero attached hydrogens (tertiary/aromatic N) is 1. The fourth-order valence-corrected chi connectivity index (χ4v) is 2.78. The molecule has 1 atom stereocenters. The second kappa shape index (κ2) is 8.28. The molecule has 0 radical (unpaired) electrons. The third kappa shape index (κ3) is 4.80. The molecule has 20 heavy (non-hydrogen) atoms. The zero-order chi connectivity index (χ0) is 14.2. The molecular formula is C17H28N2O. The molecule has 1 aliphatic rings. The van der Waals surface area contributed by atoms with Gasteiger partial charge >= 0.3 is 0 Å². The number of hydrogen-bond donors (Lipinski definition) is 1. The van der Waals surface area contributed by atoms with Gasteiger partial charge in [-0.25, -0.2) is 0 Å². The van der Waals surface area contributed by atoms with Crippen LogP contribution in [0.3, 0.4) is 0 Å². The molecule has 1 unspecified atom stereocenters. The van der Waals surface area contributed by atoms with Gasteiger partial charge in [-0.1, -0.05) is 19.1 Å². The fourth-order valence-electron chi connectivity index (χ4n) is 2.78. The molecule has 2 rings (SSSR count). The first-order valence-corrected chi connectivity index (χ1v) is 7.83. The quantitative estimate of drug-likeness (QED) is 0.828. The lowest BCUT2D eigenvalue weighted by molar-refractivity contribution is 0.158. The number of piperidine rings is 1. The van der Waals surface area contributed by atoms with Crippen molar-refractivity contribution < 1.29 is 4.74 Å². The van der Waals surface area contributed by atoms with Crippen molar-refractivity contribution >= 4 is 5.69 Å². The maximum absolute atomic E-state index is 5.14. The van der Waals surface area contributed by atoms with E-state index in [9.17, 15) is 0 Å². The highest BCUT2D eigenvalue weighted by atomic mass is 16.5. The summed E-state index contributed by atoms with van der Waals surface area (Å²) in [6.07, 6.45) is 4.06. The average Bonchev–Trinajstić information content (AvgIpc) is 2.49. The molecule has 1 N–H and O–H groups in total. The van der Waals surface area contributed by atoms with Crippen LogP contribution in [0.4, 0.5) is 5.69 Å². The number of benzene rings is 1. The molecular weight excluding hydrogens is 248 g/mol. The standard InChI is InChI=1S/C17H28N2O/c1-15(14-20-2)12-18-13-16-6-8-17(9-7-16)19-10-4-3-5-11-19/h6-9,15,18H,3-5,10-14H2,1-2H3. The highest BCUT2D eigenvalue weighted by Crippen LogP contribution is 2.20. The summed E-state index contributed by atoms with van der Waals surface area (Å²) in [6.45, 7) is 7.39. The molecule has 3 heteroatoms. The summed E-state index contributed by atoms with van der Waals surface area (Å²) < 4.78 is 5.14. The van der Waals surface area contributed by atoms with Crippen LogP contribution in [0.1, 0.15) is 31.7 Å². The van der Waals surface area contributed by atoms with Gasteiger partial charge in [-0.05, 0) is 42.9 Å². The average molecular weight is 276 g/mol. The Bertz CT molecular complexity index is 371. The third-order valence-electron chi connectivity index (χ3n) is 3.93. The summed E-state index contributed by atoms with van der Waals surface area (Å²) in [7, 11) is 1.76. The Hall–Kier alpha value is -1.06. The second-order valence-corrected chi connectivity index (χ2v) is 5.91. The number of nitrogens with one attached hydrogen (secondary N) is 1. The van der Waals surface area contributed by atoms with Crippen molar-refractivity contribution in [1.29, 1.82) is 0 Å². The minimum atomic E-state index is 0.563. The van der Waals surface area contributed by atoms with E-state index < -0.39 is 0 Å². The molecule has 1 aromatic carbocycles. The van der Waals surface area contributed by atoms with E-state index in [0.717, 1.165) is 19.7 Å². The normalized spacial score (nSPS) is 17.2. The zero-order valence-electron chi connectivity index (χ0n) is 12.9. The van der Waals surface area contributed by atoms with E-state index in [1.54, 1.807) is 7.11 Å². The maximum atomic E-state index is 5.14. The molecule has 3 nitrogen and oxygen atoms in total. The lowest BCUT2D eigenvalue weighted by Crippen LogP contribution is -2.29. The van der Waals surface area contributed by atoms with Gasteiger partial charge in [0, 0.05) is 45.6 Å². The van der Waals surface area contributed by atoms with E-state index >= 15 is 0 Å². The Morgan fingerprint density at radius 1 is 1.15 bits per heavy atom. The van der Waals surface area contributed by atoms with Crippen LogP contribution < -0.4 is 10.2 Å². The number of ether oxygens (including phenoxy) is 1. The largest absolute Gasteiger partial charge is 0.384 e. The van der Waals surface area contributed by atoms with Gasteiger partial charge in [0.25, 0.3) is 0 Å². The fraction of sp³-hybridized carbons (Fsp3) is 0.647. The van der Waals surface area contributed by atoms with Gasteiger partial charge in [0.05, 0.1) is 0 Å². The maximum Gasteiger partial charge on any atom is 0.0499 e. The number of methoxy groups -OCH3 is 1. The zero-order valence-corrected chi connectivity index (χ0v) is 12.9. The Morgan fingerprint density at radius 3 is 2.50 bits per heavy atom. The van der Waals surface area contributed by atoms with Gasteiger partial charge < -0.3 is 15.0 Å². The van der Waals surface area contributed by atoms with Crippen molar-refractivity contribution in [3.8, 4) is 0 Å². The summed E-state index contributed by atoms with van der Waals surface area (Å²) in [4.78, 5) is 2.50. The second-order valence-electron chi connectivity index (χ2n) is 5.91. The highest BCUT2D eigenvalue weighted by Gasteiger charge is 2.10. The first-order chi connectivity index (χ1) is 9.79. The molecule has 1 saturated heterocycles. The van der Waals surface area contributed by atoms with Crippen LogP contribution in [0, 0.1) is 5.92 Å². The minimum absolute atomic E-state index is 0.563. The Morgan fingerprint density at radius 2 is 1.85 bits per heavy atom. The summed E-state index contributed by atoms with van der Waals surface area (Å²) in [5.41, 5.74) is 2.73. The van der Waals surface area contributed by atoms with Crippen LogP contribution in [0.25, 0.3) is 0 Å². The Labute approximate surface area is 123 Å². The van der Waals surface area contributed by atoms with Crippen LogP contribution in [0.2, 0.25) is 0 Å². The van der Waals surface area contributed by atoms with Crippen LogP contribution in [0.15, 0.2) is 24.3 Å². The van der Waals surface area contributed by atoms with Crippen molar-refractivity contribution in [2.45, 2.75) is 32.7 Å². The van der Waals surface area contributed by atoms with Crippen LogP contribution >= 0.6 is 0 Å². The minimum Gasteiger partial charge on any atom is -0.384 e. The van der Waals surface area contributed by atoms with Gasteiger partial charge in [0.15, 0.2) is 0 Å². The number of anilines is 1. The van der Waals surface area contributed by atoms with E-state index in [4.69, 9.17) is 4.74 Å². The van der Waals surface area contributed by atoms with Gasteiger partial charge in [-0.3, -0.25) is 0 Å². The van der Waals surface area contributed by atoms with E-state index in [0.29, 0.717) is 5.92 Å². The Balaban J connectivity index is 1.76.